The summed E-state index contributed by atoms with van der Waals surface area (Å²) in [7, 11) is 1.66. The summed E-state index contributed by atoms with van der Waals surface area (Å²) in [6.07, 6.45) is 3.33. The van der Waals surface area contributed by atoms with E-state index < -0.39 is 12.1 Å². The molecule has 1 atom stereocenters. The van der Waals surface area contributed by atoms with Crippen LogP contribution >= 0.6 is 0 Å². The fourth-order valence-corrected chi connectivity index (χ4v) is 3.61. The van der Waals surface area contributed by atoms with Gasteiger partial charge in [-0.1, -0.05) is 24.1 Å². The van der Waals surface area contributed by atoms with Gasteiger partial charge in [-0.15, -0.1) is 0 Å². The quantitative estimate of drug-likeness (QED) is 0.456. The number of ether oxygens (including phenoxy) is 1. The molecule has 2 N–H and O–H groups in total. The molecular weight excluding hydrogens is 432 g/mol. The summed E-state index contributed by atoms with van der Waals surface area (Å²) < 4.78 is 7.39. The van der Waals surface area contributed by atoms with E-state index in [1.807, 2.05) is 30.3 Å². The number of hydrogen-bond donors (Lipinski definition) is 2. The minimum atomic E-state index is -0.831. The predicted octanol–water partition coefficient (Wildman–Crippen LogP) is 2.67. The SMILES string of the molecule is CN1C(=O)[C@H](NC(=O)Nc2cccc(C#Cc3cnc4cccnn34)c2)COc2ccccc21. The van der Waals surface area contributed by atoms with E-state index in [4.69, 9.17) is 4.74 Å². The van der Waals surface area contributed by atoms with E-state index >= 15 is 0 Å². The molecule has 0 radical (unpaired) electrons. The molecule has 9 nitrogen and oxygen atoms in total. The van der Waals surface area contributed by atoms with Crippen molar-refractivity contribution in [3.8, 4) is 17.6 Å². The number of fused-ring (bicyclic) bond motifs is 2. The van der Waals surface area contributed by atoms with Crippen molar-refractivity contribution in [1.82, 2.24) is 19.9 Å². The lowest BCUT2D eigenvalue weighted by Crippen LogP contribution is -2.50. The molecule has 1 aliphatic heterocycles. The van der Waals surface area contributed by atoms with E-state index in [1.165, 1.54) is 4.90 Å². The molecule has 0 unspecified atom stereocenters. The number of nitrogens with zero attached hydrogens (tertiary/aromatic N) is 4. The van der Waals surface area contributed by atoms with Crippen LogP contribution in [0.25, 0.3) is 5.65 Å². The lowest BCUT2D eigenvalue weighted by molar-refractivity contribution is -0.120. The summed E-state index contributed by atoms with van der Waals surface area (Å²) in [5.41, 5.74) is 3.27. The highest BCUT2D eigenvalue weighted by atomic mass is 16.5. The van der Waals surface area contributed by atoms with Crippen LogP contribution in [-0.4, -0.2) is 46.2 Å². The molecule has 9 heteroatoms. The van der Waals surface area contributed by atoms with E-state index in [0.29, 0.717) is 34.0 Å². The van der Waals surface area contributed by atoms with Crippen LogP contribution in [0, 0.1) is 11.8 Å². The monoisotopic (exact) mass is 452 g/mol. The van der Waals surface area contributed by atoms with E-state index in [9.17, 15) is 9.59 Å². The number of carbonyl (C=O) groups is 2. The van der Waals surface area contributed by atoms with Crippen LogP contribution in [0.3, 0.4) is 0 Å². The Morgan fingerprint density at radius 1 is 1.12 bits per heavy atom. The standard InChI is InChI=1S/C25H20N6O3/c1-30-21-8-2-3-9-22(21)34-16-20(24(30)32)29-25(33)28-18-7-4-6-17(14-18)11-12-19-15-26-23-10-5-13-27-31(19)23/h2-10,13-15,20H,16H2,1H3,(H2,28,29,33)/t20-/m1/s1. The fraction of sp³-hybridized carbons (Fsp3) is 0.120. The van der Waals surface area contributed by atoms with Crippen molar-refractivity contribution in [2.45, 2.75) is 6.04 Å². The Balaban J connectivity index is 1.26. The Kier molecular flexibility index (Phi) is 5.54. The van der Waals surface area contributed by atoms with Crippen LogP contribution in [0.2, 0.25) is 0 Å². The van der Waals surface area contributed by atoms with Gasteiger partial charge in [0.1, 0.15) is 24.1 Å². The van der Waals surface area contributed by atoms with Crippen molar-refractivity contribution in [2.24, 2.45) is 0 Å². The maximum atomic E-state index is 12.8. The number of carbonyl (C=O) groups excluding carboxylic acids is 2. The third-order valence-electron chi connectivity index (χ3n) is 5.30. The molecule has 4 aromatic rings. The topological polar surface area (TPSA) is 101 Å². The first-order chi connectivity index (χ1) is 16.6. The molecule has 0 spiro atoms. The zero-order valence-corrected chi connectivity index (χ0v) is 18.2. The highest BCUT2D eigenvalue weighted by Crippen LogP contribution is 2.29. The zero-order valence-electron chi connectivity index (χ0n) is 18.2. The Hall–Kier alpha value is -4.84. The number of anilines is 2. The second-order valence-electron chi connectivity index (χ2n) is 7.59. The van der Waals surface area contributed by atoms with Gasteiger partial charge in [0, 0.05) is 24.5 Å². The predicted molar refractivity (Wildman–Crippen MR) is 127 cm³/mol. The van der Waals surface area contributed by atoms with Crippen LogP contribution < -0.4 is 20.3 Å². The molecule has 2 aromatic heterocycles. The van der Waals surface area contributed by atoms with E-state index in [1.54, 1.807) is 54.3 Å². The van der Waals surface area contributed by atoms with Crippen LogP contribution in [0.1, 0.15) is 11.3 Å². The molecule has 0 bridgehead atoms. The van der Waals surface area contributed by atoms with Crippen molar-refractivity contribution >= 4 is 29.0 Å². The Bertz CT molecular complexity index is 1450. The normalized spacial score (nSPS) is 14.9. The Morgan fingerprint density at radius 3 is 2.91 bits per heavy atom. The average molecular weight is 452 g/mol. The number of para-hydroxylation sites is 2. The first-order valence-corrected chi connectivity index (χ1v) is 10.6. The number of hydrogen-bond acceptors (Lipinski definition) is 5. The third-order valence-corrected chi connectivity index (χ3v) is 5.30. The number of amides is 3. The van der Waals surface area contributed by atoms with Gasteiger partial charge in [-0.2, -0.15) is 5.10 Å². The molecule has 2 aromatic carbocycles. The lowest BCUT2D eigenvalue weighted by atomic mass is 10.2. The molecule has 34 heavy (non-hydrogen) atoms. The average Bonchev–Trinajstić information content (AvgIpc) is 3.23. The van der Waals surface area contributed by atoms with E-state index in [-0.39, 0.29) is 12.5 Å². The number of urea groups is 1. The highest BCUT2D eigenvalue weighted by molar-refractivity contribution is 6.02. The Labute approximate surface area is 195 Å². The van der Waals surface area contributed by atoms with Crippen molar-refractivity contribution in [3.05, 3.63) is 84.3 Å². The molecule has 0 saturated heterocycles. The fourth-order valence-electron chi connectivity index (χ4n) is 3.61. The second kappa shape index (κ2) is 8.96. The number of likely N-dealkylation sites (N-methyl/N-ethyl adjacent to an activating group) is 1. The van der Waals surface area contributed by atoms with Crippen molar-refractivity contribution < 1.29 is 14.3 Å². The van der Waals surface area contributed by atoms with Gasteiger partial charge < -0.3 is 20.3 Å². The first kappa shape index (κ1) is 21.0. The second-order valence-corrected chi connectivity index (χ2v) is 7.59. The molecular formula is C25H20N6O3. The van der Waals surface area contributed by atoms with Gasteiger partial charge in [0.05, 0.1) is 11.9 Å². The molecule has 3 amide bonds. The number of rotatable bonds is 2. The molecule has 3 heterocycles. The number of imidazole rings is 1. The van der Waals surface area contributed by atoms with Gasteiger partial charge in [-0.3, -0.25) is 4.79 Å². The molecule has 168 valence electrons. The van der Waals surface area contributed by atoms with Crippen LogP contribution in [0.5, 0.6) is 5.75 Å². The van der Waals surface area contributed by atoms with Gasteiger partial charge in [-0.05, 0) is 48.4 Å². The first-order valence-electron chi connectivity index (χ1n) is 10.6. The summed E-state index contributed by atoms with van der Waals surface area (Å²) in [6, 6.07) is 16.7. The van der Waals surface area contributed by atoms with E-state index in [2.05, 4.69) is 32.6 Å². The number of aromatic nitrogens is 3. The molecule has 0 fully saturated rings. The van der Waals surface area contributed by atoms with Crippen molar-refractivity contribution in [3.63, 3.8) is 0 Å². The molecule has 5 rings (SSSR count). The number of benzene rings is 2. The summed E-state index contributed by atoms with van der Waals surface area (Å²) in [5.74, 6) is 6.44. The minimum Gasteiger partial charge on any atom is -0.489 e. The Morgan fingerprint density at radius 2 is 2.00 bits per heavy atom. The summed E-state index contributed by atoms with van der Waals surface area (Å²) in [5, 5.41) is 9.69. The molecule has 0 aliphatic carbocycles. The summed E-state index contributed by atoms with van der Waals surface area (Å²) >= 11 is 0. The molecule has 1 aliphatic rings. The summed E-state index contributed by atoms with van der Waals surface area (Å²) in [6.45, 7) is 0.0342. The van der Waals surface area contributed by atoms with E-state index in [0.717, 1.165) is 0 Å². The van der Waals surface area contributed by atoms with Gasteiger partial charge in [0.2, 0.25) is 0 Å². The van der Waals surface area contributed by atoms with Gasteiger partial charge in [0.25, 0.3) is 5.91 Å². The molecule has 0 saturated carbocycles. The largest absolute Gasteiger partial charge is 0.489 e. The third kappa shape index (κ3) is 4.25. The smallest absolute Gasteiger partial charge is 0.320 e. The van der Waals surface area contributed by atoms with Crippen LogP contribution in [-0.2, 0) is 4.79 Å². The zero-order chi connectivity index (χ0) is 23.5. The van der Waals surface area contributed by atoms with Crippen molar-refractivity contribution in [1.29, 1.82) is 0 Å². The van der Waals surface area contributed by atoms with Gasteiger partial charge in [-0.25, -0.2) is 14.3 Å². The van der Waals surface area contributed by atoms with Gasteiger partial charge >= 0.3 is 6.03 Å². The minimum absolute atomic E-state index is 0.0342. The van der Waals surface area contributed by atoms with Gasteiger partial charge in [0.15, 0.2) is 5.65 Å². The summed E-state index contributed by atoms with van der Waals surface area (Å²) in [4.78, 5) is 31.2. The maximum absolute atomic E-state index is 12.8. The van der Waals surface area contributed by atoms with Crippen LogP contribution in [0.15, 0.2) is 73.1 Å². The lowest BCUT2D eigenvalue weighted by Gasteiger charge is -2.20. The van der Waals surface area contributed by atoms with Crippen LogP contribution in [0.4, 0.5) is 16.2 Å². The highest BCUT2D eigenvalue weighted by Gasteiger charge is 2.30. The maximum Gasteiger partial charge on any atom is 0.320 e. The van der Waals surface area contributed by atoms with Crippen molar-refractivity contribution in [2.75, 3.05) is 23.9 Å². The number of nitrogens with one attached hydrogen (secondary N) is 2.